The highest BCUT2D eigenvalue weighted by Crippen LogP contribution is 2.24. The molecule has 0 saturated heterocycles. The Bertz CT molecular complexity index is 758. The molecule has 0 bridgehead atoms. The third-order valence-electron chi connectivity index (χ3n) is 3.39. The zero-order valence-electron chi connectivity index (χ0n) is 10.9. The van der Waals surface area contributed by atoms with Gasteiger partial charge in [0.2, 0.25) is 0 Å². The maximum absolute atomic E-state index is 10.7. The molecule has 0 radical (unpaired) electrons. The molecule has 3 rings (SSSR count). The summed E-state index contributed by atoms with van der Waals surface area (Å²) >= 11 is 0. The fraction of sp³-hybridized carbons (Fsp3) is 0.0556. The molecule has 0 unspecified atom stereocenters. The van der Waals surface area contributed by atoms with Crippen molar-refractivity contribution >= 4 is 16.7 Å². The second-order valence-corrected chi connectivity index (χ2v) is 4.83. The Labute approximate surface area is 117 Å². The van der Waals surface area contributed by atoms with Crippen molar-refractivity contribution in [1.82, 2.24) is 0 Å². The minimum Gasteiger partial charge on any atom is -0.481 e. The lowest BCUT2D eigenvalue weighted by Crippen LogP contribution is -1.99. The maximum Gasteiger partial charge on any atom is 0.307 e. The number of fused-ring (bicyclic) bond motifs is 1. The van der Waals surface area contributed by atoms with Gasteiger partial charge in [-0.15, -0.1) is 0 Å². The number of carboxylic acid groups (broad SMARTS) is 1. The van der Waals surface area contributed by atoms with Crippen molar-refractivity contribution in [3.63, 3.8) is 0 Å². The van der Waals surface area contributed by atoms with Gasteiger partial charge in [0, 0.05) is 0 Å². The van der Waals surface area contributed by atoms with Crippen LogP contribution in [-0.4, -0.2) is 11.1 Å². The van der Waals surface area contributed by atoms with Gasteiger partial charge in [-0.1, -0.05) is 60.7 Å². The van der Waals surface area contributed by atoms with Crippen molar-refractivity contribution in [2.45, 2.75) is 6.42 Å². The van der Waals surface area contributed by atoms with Gasteiger partial charge in [0.05, 0.1) is 6.42 Å². The normalized spacial score (nSPS) is 10.6. The fourth-order valence-corrected chi connectivity index (χ4v) is 2.36. The van der Waals surface area contributed by atoms with Crippen molar-refractivity contribution < 1.29 is 9.90 Å². The molecule has 0 saturated carbocycles. The van der Waals surface area contributed by atoms with E-state index in [-0.39, 0.29) is 6.42 Å². The summed E-state index contributed by atoms with van der Waals surface area (Å²) in [4.78, 5) is 10.7. The van der Waals surface area contributed by atoms with Crippen molar-refractivity contribution in [3.8, 4) is 11.1 Å². The Morgan fingerprint density at radius 2 is 1.45 bits per heavy atom. The van der Waals surface area contributed by atoms with Gasteiger partial charge in [-0.25, -0.2) is 0 Å². The average Bonchev–Trinajstić information content (AvgIpc) is 2.47. The van der Waals surface area contributed by atoms with E-state index in [2.05, 4.69) is 30.3 Å². The molecule has 3 aromatic carbocycles. The lowest BCUT2D eigenvalue weighted by molar-refractivity contribution is -0.136. The molecule has 0 aromatic heterocycles. The van der Waals surface area contributed by atoms with Crippen molar-refractivity contribution in [3.05, 3.63) is 72.3 Å². The van der Waals surface area contributed by atoms with Gasteiger partial charge in [-0.3, -0.25) is 4.79 Å². The molecule has 98 valence electrons. The molecule has 1 N–H and O–H groups in total. The average molecular weight is 262 g/mol. The minimum absolute atomic E-state index is 0.0675. The smallest absolute Gasteiger partial charge is 0.307 e. The lowest BCUT2D eigenvalue weighted by atomic mass is 10.00. The molecule has 0 atom stereocenters. The van der Waals surface area contributed by atoms with Gasteiger partial charge in [0.15, 0.2) is 0 Å². The zero-order chi connectivity index (χ0) is 13.9. The van der Waals surface area contributed by atoms with E-state index in [9.17, 15) is 4.79 Å². The molecule has 2 nitrogen and oxygen atoms in total. The summed E-state index contributed by atoms with van der Waals surface area (Å²) in [5, 5.41) is 11.2. The number of hydrogen-bond donors (Lipinski definition) is 1. The number of rotatable bonds is 3. The minimum atomic E-state index is -0.802. The van der Waals surface area contributed by atoms with Crippen molar-refractivity contribution in [2.75, 3.05) is 0 Å². The van der Waals surface area contributed by atoms with E-state index in [4.69, 9.17) is 5.11 Å². The predicted octanol–water partition coefficient (Wildman–Crippen LogP) is 4.13. The third-order valence-corrected chi connectivity index (χ3v) is 3.39. The molecular weight excluding hydrogens is 248 g/mol. The number of hydrogen-bond acceptors (Lipinski definition) is 1. The quantitative estimate of drug-likeness (QED) is 0.770. The van der Waals surface area contributed by atoms with Gasteiger partial charge < -0.3 is 5.11 Å². The van der Waals surface area contributed by atoms with E-state index in [1.807, 2.05) is 36.4 Å². The highest BCUT2D eigenvalue weighted by molar-refractivity contribution is 5.87. The van der Waals surface area contributed by atoms with Gasteiger partial charge in [0.1, 0.15) is 0 Å². The van der Waals surface area contributed by atoms with Gasteiger partial charge in [-0.2, -0.15) is 0 Å². The summed E-state index contributed by atoms with van der Waals surface area (Å²) in [6, 6.07) is 22.3. The summed E-state index contributed by atoms with van der Waals surface area (Å²) in [5.41, 5.74) is 3.07. The molecule has 20 heavy (non-hydrogen) atoms. The van der Waals surface area contributed by atoms with Crippen LogP contribution in [0.4, 0.5) is 0 Å². The van der Waals surface area contributed by atoms with Crippen LogP contribution < -0.4 is 0 Å². The largest absolute Gasteiger partial charge is 0.481 e. The van der Waals surface area contributed by atoms with E-state index >= 15 is 0 Å². The van der Waals surface area contributed by atoms with Crippen LogP contribution in [0.15, 0.2) is 66.7 Å². The van der Waals surface area contributed by atoms with E-state index in [1.165, 1.54) is 10.8 Å². The second-order valence-electron chi connectivity index (χ2n) is 4.83. The van der Waals surface area contributed by atoms with Crippen LogP contribution in [0, 0.1) is 0 Å². The Morgan fingerprint density at radius 3 is 2.15 bits per heavy atom. The van der Waals surface area contributed by atoms with Crippen LogP contribution in [0.25, 0.3) is 21.9 Å². The molecule has 2 heteroatoms. The van der Waals surface area contributed by atoms with Gasteiger partial charge in [-0.05, 0) is 33.5 Å². The van der Waals surface area contributed by atoms with E-state index < -0.39 is 5.97 Å². The van der Waals surface area contributed by atoms with Crippen LogP contribution >= 0.6 is 0 Å². The lowest BCUT2D eigenvalue weighted by Gasteiger charge is -2.05. The van der Waals surface area contributed by atoms with Crippen LogP contribution in [0.2, 0.25) is 0 Å². The molecule has 0 aliphatic heterocycles. The number of carbonyl (C=O) groups is 1. The number of benzene rings is 3. The molecule has 0 amide bonds. The predicted molar refractivity (Wildman–Crippen MR) is 80.7 cm³/mol. The molecule has 0 fully saturated rings. The van der Waals surface area contributed by atoms with Crippen molar-refractivity contribution in [2.24, 2.45) is 0 Å². The Kier molecular flexibility index (Phi) is 3.21. The fourth-order valence-electron chi connectivity index (χ4n) is 2.36. The topological polar surface area (TPSA) is 37.3 Å². The van der Waals surface area contributed by atoms with E-state index in [1.54, 1.807) is 0 Å². The van der Waals surface area contributed by atoms with Crippen LogP contribution in [0.1, 0.15) is 5.56 Å². The summed E-state index contributed by atoms with van der Waals surface area (Å²) in [7, 11) is 0. The van der Waals surface area contributed by atoms with E-state index in [0.717, 1.165) is 16.7 Å². The highest BCUT2D eigenvalue weighted by atomic mass is 16.4. The summed E-state index contributed by atoms with van der Waals surface area (Å²) in [6.07, 6.45) is 0.0675. The van der Waals surface area contributed by atoms with Gasteiger partial charge in [0.25, 0.3) is 0 Å². The van der Waals surface area contributed by atoms with Crippen LogP contribution in [0.3, 0.4) is 0 Å². The first-order valence-corrected chi connectivity index (χ1v) is 6.52. The third kappa shape index (κ3) is 2.54. The summed E-state index contributed by atoms with van der Waals surface area (Å²) in [6.45, 7) is 0. The first-order valence-electron chi connectivity index (χ1n) is 6.52. The summed E-state index contributed by atoms with van der Waals surface area (Å²) in [5.74, 6) is -0.802. The van der Waals surface area contributed by atoms with Crippen LogP contribution in [0.5, 0.6) is 0 Å². The molecule has 0 spiro atoms. The number of carboxylic acids is 1. The molecular formula is C18H14O2. The number of aliphatic carboxylic acids is 1. The second kappa shape index (κ2) is 5.17. The van der Waals surface area contributed by atoms with Crippen molar-refractivity contribution in [1.29, 1.82) is 0 Å². The van der Waals surface area contributed by atoms with Gasteiger partial charge >= 0.3 is 5.97 Å². The molecule has 3 aromatic rings. The first kappa shape index (κ1) is 12.4. The SMILES string of the molecule is O=C(O)Cc1ccc(-c2ccc3ccccc3c2)cc1. The highest BCUT2D eigenvalue weighted by Gasteiger charge is 2.02. The van der Waals surface area contributed by atoms with E-state index in [0.29, 0.717) is 0 Å². The standard InChI is InChI=1S/C18H14O2/c19-18(20)11-13-5-7-15(8-6-13)17-10-9-14-3-1-2-4-16(14)12-17/h1-10,12H,11H2,(H,19,20). The van der Waals surface area contributed by atoms with Crippen LogP contribution in [-0.2, 0) is 11.2 Å². The molecule has 0 aliphatic rings. The molecule has 0 aliphatic carbocycles. The Balaban J connectivity index is 1.96. The molecule has 0 heterocycles. The zero-order valence-corrected chi connectivity index (χ0v) is 10.9. The summed E-state index contributed by atoms with van der Waals surface area (Å²) < 4.78 is 0. The Morgan fingerprint density at radius 1 is 0.800 bits per heavy atom. The Hall–Kier alpha value is -2.61. The first-order chi connectivity index (χ1) is 9.72. The monoisotopic (exact) mass is 262 g/mol. The maximum atomic E-state index is 10.7.